The minimum atomic E-state index is -0.159. The first kappa shape index (κ1) is 18.2. The molecule has 0 aliphatic heterocycles. The molecule has 1 aliphatic carbocycles. The second-order valence-corrected chi connectivity index (χ2v) is 7.05. The molecule has 2 aromatic rings. The number of hydrogen-bond donors (Lipinski definition) is 2. The molecule has 1 aliphatic rings. The molecule has 0 bridgehead atoms. The molecule has 0 aromatic heterocycles. The van der Waals surface area contributed by atoms with Crippen molar-refractivity contribution in [2.45, 2.75) is 39.0 Å². The second kappa shape index (κ2) is 8.65. The van der Waals surface area contributed by atoms with Crippen molar-refractivity contribution in [3.63, 3.8) is 0 Å². The monoisotopic (exact) mass is 350 g/mol. The van der Waals surface area contributed by atoms with Crippen molar-refractivity contribution in [1.82, 2.24) is 0 Å². The smallest absolute Gasteiger partial charge is 0.0958 e. The Morgan fingerprint density at radius 2 is 1.46 bits per heavy atom. The van der Waals surface area contributed by atoms with Gasteiger partial charge in [0.2, 0.25) is 0 Å². The summed E-state index contributed by atoms with van der Waals surface area (Å²) in [7, 11) is 0. The maximum absolute atomic E-state index is 9.76. The molecule has 0 spiro atoms. The summed E-state index contributed by atoms with van der Waals surface area (Å²) < 4.78 is 0. The summed E-state index contributed by atoms with van der Waals surface area (Å²) in [6.45, 7) is 1.81. The van der Waals surface area contributed by atoms with Crippen LogP contribution in [0.5, 0.6) is 0 Å². The van der Waals surface area contributed by atoms with E-state index in [9.17, 15) is 10.4 Å². The molecular formula is C22H26N2O2. The molecule has 26 heavy (non-hydrogen) atoms. The molecule has 2 N–H and O–H groups in total. The lowest BCUT2D eigenvalue weighted by Gasteiger charge is -2.30. The third-order valence-corrected chi connectivity index (χ3v) is 5.42. The van der Waals surface area contributed by atoms with Crippen LogP contribution in [0.2, 0.25) is 0 Å². The molecule has 136 valence electrons. The van der Waals surface area contributed by atoms with Crippen molar-refractivity contribution >= 4 is 11.4 Å². The van der Waals surface area contributed by atoms with Gasteiger partial charge in [-0.3, -0.25) is 0 Å². The van der Waals surface area contributed by atoms with Gasteiger partial charge in [-0.15, -0.1) is 0 Å². The van der Waals surface area contributed by atoms with E-state index in [0.717, 1.165) is 29.5 Å². The maximum atomic E-state index is 9.76. The minimum Gasteiger partial charge on any atom is -0.411 e. The van der Waals surface area contributed by atoms with Gasteiger partial charge in [0.25, 0.3) is 0 Å². The van der Waals surface area contributed by atoms with E-state index in [0.29, 0.717) is 17.3 Å². The molecule has 3 rings (SSSR count). The zero-order valence-electron chi connectivity index (χ0n) is 15.2. The average molecular weight is 350 g/mol. The predicted octanol–water partition coefficient (Wildman–Crippen LogP) is 5.58. The number of oxime groups is 2. The molecule has 0 radical (unpaired) electrons. The van der Waals surface area contributed by atoms with Crippen molar-refractivity contribution < 1.29 is 10.4 Å². The first-order valence-electron chi connectivity index (χ1n) is 9.31. The van der Waals surface area contributed by atoms with Crippen LogP contribution in [0.25, 0.3) is 11.1 Å². The minimum absolute atomic E-state index is 0.159. The Balaban J connectivity index is 1.90. The summed E-state index contributed by atoms with van der Waals surface area (Å²) in [4.78, 5) is 0. The van der Waals surface area contributed by atoms with E-state index in [1.54, 1.807) is 0 Å². The van der Waals surface area contributed by atoms with Gasteiger partial charge in [-0.25, -0.2) is 0 Å². The Morgan fingerprint density at radius 1 is 0.846 bits per heavy atom. The highest BCUT2D eigenvalue weighted by atomic mass is 16.4. The SMILES string of the molecule is C/C(=N\O)C(/C(=N/O)c1ccc(-c2ccccc2)cc1)C1CCCCC1. The van der Waals surface area contributed by atoms with Crippen LogP contribution in [0.3, 0.4) is 0 Å². The fourth-order valence-corrected chi connectivity index (χ4v) is 4.06. The van der Waals surface area contributed by atoms with Gasteiger partial charge in [-0.05, 0) is 36.8 Å². The van der Waals surface area contributed by atoms with Gasteiger partial charge < -0.3 is 10.4 Å². The average Bonchev–Trinajstić information content (AvgIpc) is 2.73. The van der Waals surface area contributed by atoms with Crippen LogP contribution in [0.1, 0.15) is 44.6 Å². The van der Waals surface area contributed by atoms with E-state index in [1.807, 2.05) is 49.4 Å². The molecule has 1 atom stereocenters. The van der Waals surface area contributed by atoms with Crippen LogP contribution in [0.15, 0.2) is 64.9 Å². The van der Waals surface area contributed by atoms with Crippen LogP contribution in [-0.2, 0) is 0 Å². The van der Waals surface area contributed by atoms with Crippen LogP contribution >= 0.6 is 0 Å². The lowest BCUT2D eigenvalue weighted by Crippen LogP contribution is -2.32. The summed E-state index contributed by atoms with van der Waals surface area (Å²) in [5.41, 5.74) is 4.33. The molecule has 0 saturated heterocycles. The molecule has 4 nitrogen and oxygen atoms in total. The normalized spacial score (nSPS) is 17.9. The molecule has 4 heteroatoms. The number of benzene rings is 2. The van der Waals surface area contributed by atoms with Crippen molar-refractivity contribution in [2.24, 2.45) is 22.1 Å². The highest BCUT2D eigenvalue weighted by Crippen LogP contribution is 2.33. The lowest BCUT2D eigenvalue weighted by molar-refractivity contribution is 0.291. The lowest BCUT2D eigenvalue weighted by atomic mass is 9.74. The standard InChI is InChI=1S/C22H26N2O2/c1-16(23-25)21(19-10-6-3-7-11-19)22(24-26)20-14-12-18(13-15-20)17-8-4-2-5-9-17/h2,4-5,8-9,12-15,19,21,25-26H,3,6-7,10-11H2,1H3/b23-16+,24-22+. The topological polar surface area (TPSA) is 65.2 Å². The quantitative estimate of drug-likeness (QED) is 0.420. The zero-order valence-corrected chi connectivity index (χ0v) is 15.2. The number of hydrogen-bond acceptors (Lipinski definition) is 4. The highest BCUT2D eigenvalue weighted by molar-refractivity contribution is 6.14. The molecule has 2 aromatic carbocycles. The number of rotatable bonds is 5. The van der Waals surface area contributed by atoms with E-state index in [4.69, 9.17) is 0 Å². The fraction of sp³-hybridized carbons (Fsp3) is 0.364. The maximum Gasteiger partial charge on any atom is 0.0958 e. The van der Waals surface area contributed by atoms with E-state index >= 15 is 0 Å². The van der Waals surface area contributed by atoms with E-state index in [1.165, 1.54) is 19.3 Å². The molecular weight excluding hydrogens is 324 g/mol. The number of nitrogens with zero attached hydrogens (tertiary/aromatic N) is 2. The van der Waals surface area contributed by atoms with Gasteiger partial charge in [0.1, 0.15) is 0 Å². The third-order valence-electron chi connectivity index (χ3n) is 5.42. The van der Waals surface area contributed by atoms with Crippen molar-refractivity contribution in [2.75, 3.05) is 0 Å². The zero-order chi connectivity index (χ0) is 18.4. The molecule has 1 fully saturated rings. The molecule has 0 heterocycles. The Hall–Kier alpha value is -2.62. The van der Waals surface area contributed by atoms with E-state index in [2.05, 4.69) is 22.4 Å². The summed E-state index contributed by atoms with van der Waals surface area (Å²) in [5.74, 6) is 0.187. The van der Waals surface area contributed by atoms with Crippen molar-refractivity contribution in [1.29, 1.82) is 0 Å². The first-order valence-corrected chi connectivity index (χ1v) is 9.31. The Morgan fingerprint density at radius 3 is 2.04 bits per heavy atom. The van der Waals surface area contributed by atoms with Gasteiger partial charge >= 0.3 is 0 Å². The van der Waals surface area contributed by atoms with Crippen LogP contribution in [-0.4, -0.2) is 21.8 Å². The summed E-state index contributed by atoms with van der Waals surface area (Å²) in [6.07, 6.45) is 5.73. The summed E-state index contributed by atoms with van der Waals surface area (Å²) in [5, 5.41) is 26.2. The Bertz CT molecular complexity index is 760. The second-order valence-electron chi connectivity index (χ2n) is 7.05. The van der Waals surface area contributed by atoms with Gasteiger partial charge in [-0.2, -0.15) is 0 Å². The highest BCUT2D eigenvalue weighted by Gasteiger charge is 2.31. The van der Waals surface area contributed by atoms with Crippen LogP contribution < -0.4 is 0 Å². The van der Waals surface area contributed by atoms with Crippen LogP contribution in [0.4, 0.5) is 0 Å². The van der Waals surface area contributed by atoms with E-state index in [-0.39, 0.29) is 5.92 Å². The van der Waals surface area contributed by atoms with Gasteiger partial charge in [0.15, 0.2) is 0 Å². The van der Waals surface area contributed by atoms with Gasteiger partial charge in [0.05, 0.1) is 11.4 Å². The predicted molar refractivity (Wildman–Crippen MR) is 105 cm³/mol. The van der Waals surface area contributed by atoms with E-state index < -0.39 is 0 Å². The van der Waals surface area contributed by atoms with Gasteiger partial charge in [0, 0.05) is 11.5 Å². The largest absolute Gasteiger partial charge is 0.411 e. The molecule has 0 amide bonds. The van der Waals surface area contributed by atoms with Crippen LogP contribution in [0, 0.1) is 11.8 Å². The Labute approximate surface area is 154 Å². The summed E-state index contributed by atoms with van der Waals surface area (Å²) >= 11 is 0. The molecule has 1 unspecified atom stereocenters. The summed E-state index contributed by atoms with van der Waals surface area (Å²) in [6, 6.07) is 18.2. The fourth-order valence-electron chi connectivity index (χ4n) is 4.06. The molecule has 1 saturated carbocycles. The Kier molecular flexibility index (Phi) is 6.05. The van der Waals surface area contributed by atoms with Crippen molar-refractivity contribution in [3.05, 3.63) is 60.2 Å². The van der Waals surface area contributed by atoms with Gasteiger partial charge in [-0.1, -0.05) is 84.2 Å². The first-order chi connectivity index (χ1) is 12.7. The van der Waals surface area contributed by atoms with Crippen molar-refractivity contribution in [3.8, 4) is 11.1 Å². The third kappa shape index (κ3) is 3.96.